The van der Waals surface area contributed by atoms with Gasteiger partial charge in [-0.2, -0.15) is 0 Å². The minimum atomic E-state index is -2.61. The topological polar surface area (TPSA) is 81.4 Å². The minimum absolute atomic E-state index is 0.00189. The van der Waals surface area contributed by atoms with Crippen LogP contribution in [0.4, 0.5) is 14.5 Å². The summed E-state index contributed by atoms with van der Waals surface area (Å²) in [4.78, 5) is 27.0. The second-order valence-corrected chi connectivity index (χ2v) is 4.59. The van der Waals surface area contributed by atoms with E-state index in [1.54, 1.807) is 0 Å². The van der Waals surface area contributed by atoms with E-state index in [0.29, 0.717) is 0 Å². The first-order chi connectivity index (χ1) is 11.0. The van der Waals surface area contributed by atoms with Crippen LogP contribution >= 0.6 is 0 Å². The van der Waals surface area contributed by atoms with Gasteiger partial charge in [-0.1, -0.05) is 12.1 Å². The third kappa shape index (κ3) is 4.35. The standard InChI is InChI=1S/C15H14F2N2O4/c1-22-15(21)13-11(23-8-18-13)5-6-12(20)19-10-4-2-3-9(7-10)14(16)17/h2-4,7-8,14H,5-6H2,1H3,(H,19,20). The van der Waals surface area contributed by atoms with Crippen LogP contribution in [0.5, 0.6) is 0 Å². The summed E-state index contributed by atoms with van der Waals surface area (Å²) in [6.45, 7) is 0. The Balaban J connectivity index is 1.94. The molecule has 1 heterocycles. The number of aromatic nitrogens is 1. The second kappa shape index (κ2) is 7.48. The number of rotatable bonds is 6. The summed E-state index contributed by atoms with van der Waals surface area (Å²) in [6, 6.07) is 5.43. The van der Waals surface area contributed by atoms with Crippen LogP contribution in [-0.2, 0) is 16.0 Å². The van der Waals surface area contributed by atoms with E-state index in [0.717, 1.165) is 6.39 Å². The fraction of sp³-hybridized carbons (Fsp3) is 0.267. The predicted molar refractivity (Wildman–Crippen MR) is 76.2 cm³/mol. The number of nitrogens with zero attached hydrogens (tertiary/aromatic N) is 1. The Bertz CT molecular complexity index is 700. The highest BCUT2D eigenvalue weighted by molar-refractivity contribution is 5.91. The van der Waals surface area contributed by atoms with E-state index >= 15 is 0 Å². The second-order valence-electron chi connectivity index (χ2n) is 4.59. The molecule has 0 fully saturated rings. The minimum Gasteiger partial charge on any atom is -0.464 e. The number of benzene rings is 1. The van der Waals surface area contributed by atoms with Gasteiger partial charge in [0.25, 0.3) is 6.43 Å². The van der Waals surface area contributed by atoms with E-state index in [1.165, 1.54) is 31.4 Å². The van der Waals surface area contributed by atoms with Gasteiger partial charge in [0, 0.05) is 24.1 Å². The fourth-order valence-corrected chi connectivity index (χ4v) is 1.91. The first-order valence-electron chi connectivity index (χ1n) is 6.70. The third-order valence-electron chi connectivity index (χ3n) is 3.02. The largest absolute Gasteiger partial charge is 0.464 e. The average molecular weight is 324 g/mol. The van der Waals surface area contributed by atoms with Crippen molar-refractivity contribution in [2.45, 2.75) is 19.3 Å². The van der Waals surface area contributed by atoms with Crippen LogP contribution in [0.3, 0.4) is 0 Å². The van der Waals surface area contributed by atoms with Gasteiger partial charge in [0.05, 0.1) is 7.11 Å². The Labute approximate surface area is 130 Å². The number of oxazole rings is 1. The molecule has 6 nitrogen and oxygen atoms in total. The number of carbonyl (C=O) groups is 2. The van der Waals surface area contributed by atoms with Gasteiger partial charge >= 0.3 is 5.97 Å². The average Bonchev–Trinajstić information content (AvgIpc) is 3.01. The summed E-state index contributed by atoms with van der Waals surface area (Å²) in [7, 11) is 1.21. The molecule has 23 heavy (non-hydrogen) atoms. The summed E-state index contributed by atoms with van der Waals surface area (Å²) in [5.41, 5.74) is 0.115. The molecule has 0 bridgehead atoms. The van der Waals surface area contributed by atoms with E-state index in [-0.39, 0.29) is 35.5 Å². The number of ether oxygens (including phenoxy) is 1. The van der Waals surface area contributed by atoms with Crippen LogP contribution < -0.4 is 5.32 Å². The lowest BCUT2D eigenvalue weighted by Crippen LogP contribution is -2.13. The van der Waals surface area contributed by atoms with Gasteiger partial charge in [0.2, 0.25) is 5.91 Å². The molecule has 0 unspecified atom stereocenters. The number of amides is 1. The number of hydrogen-bond acceptors (Lipinski definition) is 5. The smallest absolute Gasteiger partial charge is 0.360 e. The SMILES string of the molecule is COC(=O)c1ncoc1CCC(=O)Nc1cccc(C(F)F)c1. The summed E-state index contributed by atoms with van der Waals surface area (Å²) >= 11 is 0. The van der Waals surface area contributed by atoms with E-state index in [2.05, 4.69) is 15.0 Å². The highest BCUT2D eigenvalue weighted by atomic mass is 19.3. The maximum absolute atomic E-state index is 12.6. The van der Waals surface area contributed by atoms with E-state index in [9.17, 15) is 18.4 Å². The van der Waals surface area contributed by atoms with Crippen molar-refractivity contribution in [2.24, 2.45) is 0 Å². The third-order valence-corrected chi connectivity index (χ3v) is 3.02. The molecule has 0 aliphatic rings. The quantitative estimate of drug-likeness (QED) is 0.826. The normalized spacial score (nSPS) is 10.6. The highest BCUT2D eigenvalue weighted by Crippen LogP contribution is 2.21. The van der Waals surface area contributed by atoms with Crippen LogP contribution in [-0.4, -0.2) is 24.0 Å². The molecule has 2 rings (SSSR count). The molecule has 0 saturated heterocycles. The van der Waals surface area contributed by atoms with Crippen molar-refractivity contribution in [1.82, 2.24) is 4.98 Å². The van der Waals surface area contributed by atoms with Gasteiger partial charge in [-0.05, 0) is 12.1 Å². The molecule has 1 amide bonds. The van der Waals surface area contributed by atoms with Gasteiger partial charge in [0.15, 0.2) is 12.1 Å². The van der Waals surface area contributed by atoms with E-state index in [4.69, 9.17) is 4.42 Å². The predicted octanol–water partition coefficient (Wildman–Crippen LogP) is 2.97. The first-order valence-corrected chi connectivity index (χ1v) is 6.70. The molecule has 0 spiro atoms. The van der Waals surface area contributed by atoms with Crippen molar-refractivity contribution in [1.29, 1.82) is 0 Å². The number of nitrogens with one attached hydrogen (secondary N) is 1. The maximum Gasteiger partial charge on any atom is 0.360 e. The van der Waals surface area contributed by atoms with Gasteiger partial charge in [-0.3, -0.25) is 4.79 Å². The molecule has 0 saturated carbocycles. The molecule has 0 atom stereocenters. The molecule has 2 aromatic rings. The first kappa shape index (κ1) is 16.6. The fourth-order valence-electron chi connectivity index (χ4n) is 1.91. The molecule has 8 heteroatoms. The van der Waals surface area contributed by atoms with Crippen molar-refractivity contribution in [2.75, 3.05) is 12.4 Å². The lowest BCUT2D eigenvalue weighted by molar-refractivity contribution is -0.116. The maximum atomic E-state index is 12.6. The number of carbonyl (C=O) groups excluding carboxylic acids is 2. The zero-order chi connectivity index (χ0) is 16.8. The number of hydrogen-bond donors (Lipinski definition) is 1. The van der Waals surface area contributed by atoms with Crippen molar-refractivity contribution >= 4 is 17.6 Å². The molecule has 0 aliphatic heterocycles. The molecule has 1 aromatic heterocycles. The monoisotopic (exact) mass is 324 g/mol. The zero-order valence-corrected chi connectivity index (χ0v) is 12.2. The number of methoxy groups -OCH3 is 1. The summed E-state index contributed by atoms with van der Waals surface area (Å²) in [5, 5.41) is 2.51. The van der Waals surface area contributed by atoms with Crippen LogP contribution in [0.25, 0.3) is 0 Å². The number of esters is 1. The molecule has 0 radical (unpaired) electrons. The Morgan fingerprint density at radius 1 is 1.39 bits per heavy atom. The number of halogens is 2. The van der Waals surface area contributed by atoms with Crippen molar-refractivity contribution in [3.8, 4) is 0 Å². The van der Waals surface area contributed by atoms with Gasteiger partial charge in [0.1, 0.15) is 5.76 Å². The van der Waals surface area contributed by atoms with E-state index in [1.807, 2.05) is 0 Å². The molecular weight excluding hydrogens is 310 g/mol. The van der Waals surface area contributed by atoms with Crippen molar-refractivity contribution in [3.05, 3.63) is 47.7 Å². The van der Waals surface area contributed by atoms with Crippen LogP contribution in [0, 0.1) is 0 Å². The van der Waals surface area contributed by atoms with Crippen LogP contribution in [0.2, 0.25) is 0 Å². The Hall–Kier alpha value is -2.77. The molecular formula is C15H14F2N2O4. The number of aryl methyl sites for hydroxylation is 1. The molecule has 1 aromatic carbocycles. The van der Waals surface area contributed by atoms with Crippen LogP contribution in [0.1, 0.15) is 34.7 Å². The summed E-state index contributed by atoms with van der Waals surface area (Å²) in [6.07, 6.45) is -1.39. The van der Waals surface area contributed by atoms with Crippen molar-refractivity contribution < 1.29 is 27.5 Å². The van der Waals surface area contributed by atoms with E-state index < -0.39 is 18.3 Å². The Kier molecular flexibility index (Phi) is 5.40. The van der Waals surface area contributed by atoms with Gasteiger partial charge < -0.3 is 14.5 Å². The highest BCUT2D eigenvalue weighted by Gasteiger charge is 2.18. The number of alkyl halides is 2. The Morgan fingerprint density at radius 2 is 2.17 bits per heavy atom. The Morgan fingerprint density at radius 3 is 2.87 bits per heavy atom. The summed E-state index contributed by atoms with van der Waals surface area (Å²) in [5.74, 6) is -0.823. The molecule has 1 N–H and O–H groups in total. The van der Waals surface area contributed by atoms with Crippen molar-refractivity contribution in [3.63, 3.8) is 0 Å². The number of anilines is 1. The van der Waals surface area contributed by atoms with Gasteiger partial charge in [-0.15, -0.1) is 0 Å². The lowest BCUT2D eigenvalue weighted by atomic mass is 10.2. The lowest BCUT2D eigenvalue weighted by Gasteiger charge is -2.07. The molecule has 122 valence electrons. The summed E-state index contributed by atoms with van der Waals surface area (Å²) < 4.78 is 34.8. The molecule has 0 aliphatic carbocycles. The zero-order valence-electron chi connectivity index (χ0n) is 12.2. The van der Waals surface area contributed by atoms with Gasteiger partial charge in [-0.25, -0.2) is 18.6 Å². The van der Waals surface area contributed by atoms with Crippen LogP contribution in [0.15, 0.2) is 35.1 Å².